The Hall–Kier alpha value is -0.540. The molecular formula is C16H23NOS. The predicted octanol–water partition coefficient (Wildman–Crippen LogP) is 3.82. The summed E-state index contributed by atoms with van der Waals surface area (Å²) in [7, 11) is 1.77. The molecule has 0 atom stereocenters. The molecule has 4 aliphatic rings. The molecule has 19 heavy (non-hydrogen) atoms. The largest absolute Gasteiger partial charge is 0.496 e. The minimum Gasteiger partial charge on any atom is -0.496 e. The number of nitrogens with one attached hydrogen (secondary N) is 1. The molecule has 2 nitrogen and oxygen atoms in total. The van der Waals surface area contributed by atoms with E-state index in [4.69, 9.17) is 4.74 Å². The first kappa shape index (κ1) is 12.2. The molecule has 1 heterocycles. The van der Waals surface area contributed by atoms with Crippen molar-refractivity contribution in [3.8, 4) is 5.75 Å². The van der Waals surface area contributed by atoms with Crippen LogP contribution < -0.4 is 10.1 Å². The first-order valence-electron chi connectivity index (χ1n) is 7.62. The molecule has 0 saturated heterocycles. The highest BCUT2D eigenvalue weighted by molar-refractivity contribution is 7.10. The Bertz CT molecular complexity index is 432. The van der Waals surface area contributed by atoms with Crippen molar-refractivity contribution in [3.05, 3.63) is 16.3 Å². The fraction of sp³-hybridized carbons (Fsp3) is 0.750. The van der Waals surface area contributed by atoms with Gasteiger partial charge in [0, 0.05) is 12.1 Å². The van der Waals surface area contributed by atoms with Crippen molar-refractivity contribution in [1.29, 1.82) is 0 Å². The van der Waals surface area contributed by atoms with Gasteiger partial charge in [0.15, 0.2) is 0 Å². The zero-order chi connectivity index (χ0) is 12.9. The predicted molar refractivity (Wildman–Crippen MR) is 78.6 cm³/mol. The van der Waals surface area contributed by atoms with Gasteiger partial charge in [-0.3, -0.25) is 0 Å². The van der Waals surface area contributed by atoms with Crippen LogP contribution in [0, 0.1) is 17.8 Å². The first-order valence-corrected chi connectivity index (χ1v) is 8.50. The van der Waals surface area contributed by atoms with Gasteiger partial charge in [-0.1, -0.05) is 0 Å². The van der Waals surface area contributed by atoms with Gasteiger partial charge < -0.3 is 10.1 Å². The molecule has 4 aliphatic carbocycles. The van der Waals surface area contributed by atoms with Crippen LogP contribution in [0.3, 0.4) is 0 Å². The summed E-state index contributed by atoms with van der Waals surface area (Å²) in [6.45, 7) is 0.993. The van der Waals surface area contributed by atoms with Crippen LogP contribution in [0.1, 0.15) is 43.4 Å². The van der Waals surface area contributed by atoms with E-state index in [1.165, 1.54) is 43.4 Å². The standard InChI is InChI=1S/C16H23NOS/c1-18-14-2-3-19-15(14)10-17-16-7-11-4-12(8-16)6-13(5-11)9-16/h2-3,11-13,17H,4-10H2,1H3. The lowest BCUT2D eigenvalue weighted by Gasteiger charge is -2.57. The summed E-state index contributed by atoms with van der Waals surface area (Å²) in [5.74, 6) is 4.11. The molecule has 4 bridgehead atoms. The van der Waals surface area contributed by atoms with Crippen molar-refractivity contribution in [3.63, 3.8) is 0 Å². The summed E-state index contributed by atoms with van der Waals surface area (Å²) < 4.78 is 5.43. The Kier molecular flexibility index (Phi) is 2.89. The SMILES string of the molecule is COc1ccsc1CNC12CC3CC(CC(C3)C1)C2. The number of methoxy groups -OCH3 is 1. The van der Waals surface area contributed by atoms with Crippen LogP contribution in [0.25, 0.3) is 0 Å². The van der Waals surface area contributed by atoms with Gasteiger partial charge in [0.05, 0.1) is 12.0 Å². The van der Waals surface area contributed by atoms with Crippen molar-refractivity contribution in [1.82, 2.24) is 5.32 Å². The smallest absolute Gasteiger partial charge is 0.134 e. The minimum absolute atomic E-state index is 0.462. The normalized spacial score (nSPS) is 39.7. The molecule has 0 amide bonds. The highest BCUT2D eigenvalue weighted by atomic mass is 32.1. The zero-order valence-corrected chi connectivity index (χ0v) is 12.5. The Labute approximate surface area is 119 Å². The second-order valence-electron chi connectivity index (χ2n) is 6.96. The fourth-order valence-corrected chi connectivity index (χ4v) is 6.01. The molecule has 1 aromatic heterocycles. The molecule has 4 fully saturated rings. The van der Waals surface area contributed by atoms with Crippen LogP contribution >= 0.6 is 11.3 Å². The second-order valence-corrected chi connectivity index (χ2v) is 7.96. The quantitative estimate of drug-likeness (QED) is 0.903. The maximum atomic E-state index is 5.43. The fourth-order valence-electron chi connectivity index (χ4n) is 5.23. The summed E-state index contributed by atoms with van der Waals surface area (Å²) in [6.07, 6.45) is 8.82. The topological polar surface area (TPSA) is 21.3 Å². The number of hydrogen-bond donors (Lipinski definition) is 1. The maximum absolute atomic E-state index is 5.43. The van der Waals surface area contributed by atoms with Crippen molar-refractivity contribution in [2.75, 3.05) is 7.11 Å². The van der Waals surface area contributed by atoms with Gasteiger partial charge in [0.2, 0.25) is 0 Å². The highest BCUT2D eigenvalue weighted by Crippen LogP contribution is 2.55. The van der Waals surface area contributed by atoms with Gasteiger partial charge >= 0.3 is 0 Å². The lowest BCUT2D eigenvalue weighted by Crippen LogP contribution is -2.58. The van der Waals surface area contributed by atoms with Gasteiger partial charge in [0.25, 0.3) is 0 Å². The minimum atomic E-state index is 0.462. The van der Waals surface area contributed by atoms with Gasteiger partial charge in [-0.15, -0.1) is 11.3 Å². The third kappa shape index (κ3) is 2.11. The highest BCUT2D eigenvalue weighted by Gasteiger charge is 2.50. The Morgan fingerprint density at radius 3 is 2.42 bits per heavy atom. The Morgan fingerprint density at radius 2 is 1.84 bits per heavy atom. The molecule has 4 saturated carbocycles. The third-order valence-corrected chi connectivity index (χ3v) is 6.49. The van der Waals surface area contributed by atoms with E-state index in [9.17, 15) is 0 Å². The summed E-state index contributed by atoms with van der Waals surface area (Å²) in [6, 6.07) is 2.08. The molecule has 0 aromatic carbocycles. The molecule has 104 valence electrons. The van der Waals surface area contributed by atoms with E-state index in [2.05, 4.69) is 16.8 Å². The molecule has 5 rings (SSSR count). The van der Waals surface area contributed by atoms with Crippen molar-refractivity contribution >= 4 is 11.3 Å². The van der Waals surface area contributed by atoms with Gasteiger partial charge in [-0.05, 0) is 67.7 Å². The average Bonchev–Trinajstić information content (AvgIpc) is 2.82. The zero-order valence-electron chi connectivity index (χ0n) is 11.7. The summed E-state index contributed by atoms with van der Waals surface area (Å²) >= 11 is 1.82. The number of rotatable bonds is 4. The molecule has 0 unspecified atom stereocenters. The van der Waals surface area contributed by atoms with Crippen LogP contribution in [-0.4, -0.2) is 12.6 Å². The van der Waals surface area contributed by atoms with E-state index in [1.54, 1.807) is 7.11 Å². The summed E-state index contributed by atoms with van der Waals surface area (Å²) in [4.78, 5) is 1.36. The number of thiophene rings is 1. The third-order valence-electron chi connectivity index (χ3n) is 5.59. The van der Waals surface area contributed by atoms with Crippen molar-refractivity contribution in [2.24, 2.45) is 17.8 Å². The van der Waals surface area contributed by atoms with E-state index >= 15 is 0 Å². The monoisotopic (exact) mass is 277 g/mol. The lowest BCUT2D eigenvalue weighted by atomic mass is 9.53. The molecule has 0 radical (unpaired) electrons. The van der Waals surface area contributed by atoms with Gasteiger partial charge in [-0.2, -0.15) is 0 Å². The van der Waals surface area contributed by atoms with Crippen LogP contribution in [0.5, 0.6) is 5.75 Å². The maximum Gasteiger partial charge on any atom is 0.134 e. The van der Waals surface area contributed by atoms with Crippen LogP contribution in [0.2, 0.25) is 0 Å². The first-order chi connectivity index (χ1) is 9.26. The van der Waals surface area contributed by atoms with Gasteiger partial charge in [-0.25, -0.2) is 0 Å². The van der Waals surface area contributed by atoms with Crippen molar-refractivity contribution < 1.29 is 4.74 Å². The number of hydrogen-bond acceptors (Lipinski definition) is 3. The van der Waals surface area contributed by atoms with E-state index in [1.807, 2.05) is 11.3 Å². The average molecular weight is 277 g/mol. The van der Waals surface area contributed by atoms with E-state index in [-0.39, 0.29) is 0 Å². The van der Waals surface area contributed by atoms with E-state index < -0.39 is 0 Å². The second kappa shape index (κ2) is 4.49. The lowest BCUT2D eigenvalue weighted by molar-refractivity contribution is -0.0205. The van der Waals surface area contributed by atoms with E-state index in [0.717, 1.165) is 30.0 Å². The molecule has 0 spiro atoms. The van der Waals surface area contributed by atoms with Crippen molar-refractivity contribution in [2.45, 2.75) is 50.6 Å². The van der Waals surface area contributed by atoms with Crippen LogP contribution in [0.4, 0.5) is 0 Å². The summed E-state index contributed by atoms with van der Waals surface area (Å²) in [5.41, 5.74) is 0.462. The molecule has 1 aromatic rings. The molecule has 1 N–H and O–H groups in total. The Balaban J connectivity index is 1.48. The van der Waals surface area contributed by atoms with E-state index in [0.29, 0.717) is 5.54 Å². The molecule has 3 heteroatoms. The van der Waals surface area contributed by atoms with Crippen LogP contribution in [0.15, 0.2) is 11.4 Å². The van der Waals surface area contributed by atoms with Crippen LogP contribution in [-0.2, 0) is 6.54 Å². The molecule has 0 aliphatic heterocycles. The summed E-state index contributed by atoms with van der Waals surface area (Å²) in [5, 5.41) is 6.07. The van der Waals surface area contributed by atoms with Gasteiger partial charge in [0.1, 0.15) is 5.75 Å². The molecular weight excluding hydrogens is 254 g/mol. The number of ether oxygens (including phenoxy) is 1. The Morgan fingerprint density at radius 1 is 1.21 bits per heavy atom.